The molecule has 0 radical (unpaired) electrons. The predicted octanol–water partition coefficient (Wildman–Crippen LogP) is 3.94. The molecule has 13 nitrogen and oxygen atoms in total. The fourth-order valence-electron chi connectivity index (χ4n) is 5.02. The van der Waals surface area contributed by atoms with Crippen molar-refractivity contribution >= 4 is 35.6 Å². The normalized spacial score (nSPS) is 12.2. The number of amides is 5. The average Bonchev–Trinajstić information content (AvgIpc) is 3.16. The number of anilines is 1. The Hall–Kier alpha value is -5.95. The van der Waals surface area contributed by atoms with Gasteiger partial charge in [0.1, 0.15) is 31.3 Å². The number of hydrogen-bond acceptors (Lipinski definition) is 8. The van der Waals surface area contributed by atoms with E-state index in [0.717, 1.165) is 11.1 Å². The lowest BCUT2D eigenvalue weighted by molar-refractivity contribution is -0.131. The zero-order chi connectivity index (χ0) is 37.6. The third kappa shape index (κ3) is 14.9. The molecule has 6 N–H and O–H groups in total. The van der Waals surface area contributed by atoms with Gasteiger partial charge in [0.25, 0.3) is 0 Å². The van der Waals surface area contributed by atoms with Crippen LogP contribution in [0.1, 0.15) is 36.0 Å². The Morgan fingerprint density at radius 3 is 1.67 bits per heavy atom. The first kappa shape index (κ1) is 40.5. The molecular weight excluding hydrogens is 666 g/mol. The summed E-state index contributed by atoms with van der Waals surface area (Å²) in [5.74, 6) is -1.75. The molecule has 5 amide bonds. The van der Waals surface area contributed by atoms with Crippen molar-refractivity contribution in [2.75, 3.05) is 25.1 Å². The van der Waals surface area contributed by atoms with Crippen molar-refractivity contribution in [2.24, 2.45) is 0 Å². The van der Waals surface area contributed by atoms with Gasteiger partial charge in [-0.15, -0.1) is 0 Å². The SMILES string of the molecule is C=CCOC(=O)NCCCCC(NC(=O)C(Cc1ccccc1)NC(=O)C(Cc1ccccc1)NC(=O)OCC=C)C(=O)Nc1ccc(CO)cc1. The summed E-state index contributed by atoms with van der Waals surface area (Å²) in [6, 6.07) is 21.5. The lowest BCUT2D eigenvalue weighted by Crippen LogP contribution is -2.57. The number of aliphatic hydroxyl groups excluding tert-OH is 1. The van der Waals surface area contributed by atoms with Gasteiger partial charge in [0, 0.05) is 25.1 Å². The quantitative estimate of drug-likeness (QED) is 0.0709. The van der Waals surface area contributed by atoms with Gasteiger partial charge < -0.3 is 41.2 Å². The second-order valence-corrected chi connectivity index (χ2v) is 11.7. The number of ether oxygens (including phenoxy) is 2. The number of benzene rings is 3. The minimum Gasteiger partial charge on any atom is -0.445 e. The fraction of sp³-hybridized carbons (Fsp3) is 0.308. The molecule has 0 aliphatic heterocycles. The minimum atomic E-state index is -1.14. The monoisotopic (exact) mass is 713 g/mol. The lowest BCUT2D eigenvalue weighted by Gasteiger charge is -2.25. The van der Waals surface area contributed by atoms with Crippen molar-refractivity contribution in [1.82, 2.24) is 21.3 Å². The number of carbonyl (C=O) groups is 5. The predicted molar refractivity (Wildman–Crippen MR) is 197 cm³/mol. The van der Waals surface area contributed by atoms with Gasteiger partial charge in [0.2, 0.25) is 17.7 Å². The van der Waals surface area contributed by atoms with Crippen LogP contribution in [0, 0.1) is 0 Å². The van der Waals surface area contributed by atoms with Crippen molar-refractivity contribution in [3.63, 3.8) is 0 Å². The molecule has 0 spiro atoms. The summed E-state index contributed by atoms with van der Waals surface area (Å²) < 4.78 is 9.98. The van der Waals surface area contributed by atoms with E-state index in [0.29, 0.717) is 24.1 Å². The van der Waals surface area contributed by atoms with Crippen LogP contribution >= 0.6 is 0 Å². The molecule has 0 bridgehead atoms. The molecule has 3 atom stereocenters. The first-order valence-electron chi connectivity index (χ1n) is 17.0. The molecular formula is C39H47N5O8. The van der Waals surface area contributed by atoms with Crippen LogP contribution in [0.2, 0.25) is 0 Å². The smallest absolute Gasteiger partial charge is 0.408 e. The van der Waals surface area contributed by atoms with E-state index >= 15 is 0 Å². The Balaban J connectivity index is 1.81. The molecule has 0 heterocycles. The molecule has 3 aromatic carbocycles. The van der Waals surface area contributed by atoms with E-state index in [2.05, 4.69) is 39.7 Å². The Kier molecular flexibility index (Phi) is 17.7. The molecule has 0 saturated heterocycles. The first-order valence-corrected chi connectivity index (χ1v) is 17.0. The molecule has 0 aromatic heterocycles. The van der Waals surface area contributed by atoms with Gasteiger partial charge in [0.05, 0.1) is 6.61 Å². The summed E-state index contributed by atoms with van der Waals surface area (Å²) in [6.45, 7) is 7.16. The van der Waals surface area contributed by atoms with Gasteiger partial charge in [-0.2, -0.15) is 0 Å². The fourth-order valence-corrected chi connectivity index (χ4v) is 5.02. The Labute approximate surface area is 303 Å². The highest BCUT2D eigenvalue weighted by Gasteiger charge is 2.30. The van der Waals surface area contributed by atoms with Crippen molar-refractivity contribution in [2.45, 2.75) is 56.8 Å². The van der Waals surface area contributed by atoms with E-state index in [1.54, 1.807) is 36.4 Å². The van der Waals surface area contributed by atoms with Crippen LogP contribution in [0.15, 0.2) is 110 Å². The van der Waals surface area contributed by atoms with E-state index in [4.69, 9.17) is 9.47 Å². The highest BCUT2D eigenvalue weighted by Crippen LogP contribution is 2.13. The third-order valence-corrected chi connectivity index (χ3v) is 7.70. The van der Waals surface area contributed by atoms with Crippen LogP contribution in [-0.4, -0.2) is 72.9 Å². The standard InChI is InChI=1S/C39H47N5O8/c1-3-23-51-38(49)40-22-12-11-17-32(35(46)41-31-20-18-30(27-45)19-21-31)42-36(47)33(25-28-13-7-5-8-14-28)43-37(48)34(44-39(50)52-24-4-2)26-29-15-9-6-10-16-29/h3-10,13-16,18-21,32-34,45H,1-2,11-12,17,22-27H2,(H,40,49)(H,41,46)(H,42,47)(H,43,48)(H,44,50). The number of nitrogens with one attached hydrogen (secondary N) is 5. The van der Waals surface area contributed by atoms with E-state index in [-0.39, 0.29) is 45.6 Å². The number of carbonyl (C=O) groups excluding carboxylic acids is 5. The van der Waals surface area contributed by atoms with Crippen LogP contribution < -0.4 is 26.6 Å². The van der Waals surface area contributed by atoms with E-state index < -0.39 is 48.0 Å². The topological polar surface area (TPSA) is 184 Å². The van der Waals surface area contributed by atoms with Crippen LogP contribution in [-0.2, 0) is 43.3 Å². The zero-order valence-electron chi connectivity index (χ0n) is 29.1. The third-order valence-electron chi connectivity index (χ3n) is 7.70. The lowest BCUT2D eigenvalue weighted by atomic mass is 10.0. The summed E-state index contributed by atoms with van der Waals surface area (Å²) in [4.78, 5) is 65.7. The molecule has 3 unspecified atom stereocenters. The van der Waals surface area contributed by atoms with Gasteiger partial charge in [-0.25, -0.2) is 9.59 Å². The van der Waals surface area contributed by atoms with E-state index in [9.17, 15) is 29.1 Å². The van der Waals surface area contributed by atoms with E-state index in [1.807, 2.05) is 48.5 Å². The zero-order valence-corrected chi connectivity index (χ0v) is 29.1. The van der Waals surface area contributed by atoms with Gasteiger partial charge in [0.15, 0.2) is 0 Å². The molecule has 0 saturated carbocycles. The highest BCUT2D eigenvalue weighted by molar-refractivity contribution is 5.99. The number of hydrogen-bond donors (Lipinski definition) is 6. The van der Waals surface area contributed by atoms with Crippen LogP contribution in [0.3, 0.4) is 0 Å². The maximum atomic E-state index is 14.0. The van der Waals surface area contributed by atoms with Crippen molar-refractivity contribution in [3.8, 4) is 0 Å². The Morgan fingerprint density at radius 2 is 1.13 bits per heavy atom. The van der Waals surface area contributed by atoms with Crippen LogP contribution in [0.5, 0.6) is 0 Å². The molecule has 276 valence electrons. The molecule has 0 aliphatic carbocycles. The number of unbranched alkanes of at least 4 members (excludes halogenated alkanes) is 1. The highest BCUT2D eigenvalue weighted by atomic mass is 16.6. The number of alkyl carbamates (subject to hydrolysis) is 2. The Morgan fingerprint density at radius 1 is 0.615 bits per heavy atom. The second-order valence-electron chi connectivity index (χ2n) is 11.7. The van der Waals surface area contributed by atoms with Gasteiger partial charge in [-0.1, -0.05) is 98.1 Å². The molecule has 52 heavy (non-hydrogen) atoms. The molecule has 0 aliphatic rings. The largest absolute Gasteiger partial charge is 0.445 e. The first-order chi connectivity index (χ1) is 25.2. The van der Waals surface area contributed by atoms with E-state index in [1.165, 1.54) is 12.2 Å². The van der Waals surface area contributed by atoms with Gasteiger partial charge >= 0.3 is 12.2 Å². The summed E-state index contributed by atoms with van der Waals surface area (Å²) in [5.41, 5.74) is 2.64. The Bertz CT molecular complexity index is 1600. The molecule has 0 fully saturated rings. The van der Waals surface area contributed by atoms with Crippen LogP contribution in [0.25, 0.3) is 0 Å². The molecule has 13 heteroatoms. The second kappa shape index (κ2) is 22.7. The number of aliphatic hydroxyl groups is 1. The van der Waals surface area contributed by atoms with Crippen LogP contribution in [0.4, 0.5) is 15.3 Å². The van der Waals surface area contributed by atoms with Crippen molar-refractivity contribution in [3.05, 3.63) is 127 Å². The van der Waals surface area contributed by atoms with Gasteiger partial charge in [-0.05, 0) is 48.1 Å². The average molecular weight is 714 g/mol. The summed E-state index contributed by atoms with van der Waals surface area (Å²) >= 11 is 0. The van der Waals surface area contributed by atoms with Gasteiger partial charge in [-0.3, -0.25) is 14.4 Å². The summed E-state index contributed by atoms with van der Waals surface area (Å²) in [7, 11) is 0. The number of rotatable bonds is 21. The summed E-state index contributed by atoms with van der Waals surface area (Å²) in [6.07, 6.45) is 2.76. The minimum absolute atomic E-state index is 0.0605. The maximum Gasteiger partial charge on any atom is 0.408 e. The molecule has 3 rings (SSSR count). The maximum absolute atomic E-state index is 14.0. The molecule has 3 aromatic rings. The van der Waals surface area contributed by atoms with Crippen molar-refractivity contribution < 1.29 is 38.6 Å². The van der Waals surface area contributed by atoms with Crippen molar-refractivity contribution in [1.29, 1.82) is 0 Å². The summed E-state index contributed by atoms with van der Waals surface area (Å²) in [5, 5.41) is 23.0.